The number of halogens is 2. The molecule has 1 aliphatic carbocycles. The summed E-state index contributed by atoms with van der Waals surface area (Å²) in [6.07, 6.45) is 12.0. The van der Waals surface area contributed by atoms with E-state index in [0.29, 0.717) is 12.5 Å². The maximum atomic E-state index is 12.8. The fourth-order valence-electron chi connectivity index (χ4n) is 4.45. The minimum Gasteiger partial charge on any atom is -0.337 e. The number of nitrogens with one attached hydrogen (secondary N) is 2. The Balaban J connectivity index is 0.00000160. The molecule has 1 aliphatic heterocycles. The molecule has 2 aromatic rings. The molecule has 4 rings (SSSR count). The quantitative estimate of drug-likeness (QED) is 0.696. The van der Waals surface area contributed by atoms with Gasteiger partial charge >= 0.3 is 0 Å². The van der Waals surface area contributed by atoms with Crippen LogP contribution in [0, 0.1) is 5.92 Å². The summed E-state index contributed by atoms with van der Waals surface area (Å²) in [4.78, 5) is 19.5. The van der Waals surface area contributed by atoms with Gasteiger partial charge in [-0.05, 0) is 18.8 Å². The second-order valence-electron chi connectivity index (χ2n) is 8.04. The van der Waals surface area contributed by atoms with Crippen molar-refractivity contribution in [1.29, 1.82) is 0 Å². The number of carbonyl (C=O) groups excluding carboxylic acids is 1. The summed E-state index contributed by atoms with van der Waals surface area (Å²) in [5, 5.41) is 10.9. The number of rotatable bonds is 6. The van der Waals surface area contributed by atoms with Gasteiger partial charge in [0, 0.05) is 51.7 Å². The SMILES string of the molecule is Cl.Cl.Cn1ccnc1C1CNCCN1CC(=O)Nc1ccnn1CC1CCCCC1. The molecule has 0 spiro atoms. The van der Waals surface area contributed by atoms with Gasteiger partial charge in [0.1, 0.15) is 11.6 Å². The standard InChI is InChI=1S/C20H31N7O.2ClH/c1-25-11-10-22-20(25)17-13-21-9-12-26(17)15-19(28)24-18-7-8-23-27(18)14-16-5-3-2-4-6-16;;/h7-8,10-11,16-17,21H,2-6,9,12-15H2,1H3,(H,24,28);2*1H. The fraction of sp³-hybridized carbons (Fsp3) is 0.650. The van der Waals surface area contributed by atoms with Gasteiger partial charge in [0.05, 0.1) is 18.8 Å². The Morgan fingerprint density at radius 3 is 2.77 bits per heavy atom. The van der Waals surface area contributed by atoms with E-state index in [9.17, 15) is 4.79 Å². The fourth-order valence-corrected chi connectivity index (χ4v) is 4.45. The second-order valence-corrected chi connectivity index (χ2v) is 8.04. The highest BCUT2D eigenvalue weighted by Gasteiger charge is 2.28. The first-order valence-corrected chi connectivity index (χ1v) is 10.4. The van der Waals surface area contributed by atoms with Gasteiger partial charge in [0.25, 0.3) is 0 Å². The minimum atomic E-state index is 0. The Labute approximate surface area is 190 Å². The van der Waals surface area contributed by atoms with Gasteiger partial charge in [-0.1, -0.05) is 19.3 Å². The van der Waals surface area contributed by atoms with E-state index in [0.717, 1.165) is 37.8 Å². The predicted molar refractivity (Wildman–Crippen MR) is 122 cm³/mol. The lowest BCUT2D eigenvalue weighted by atomic mass is 9.89. The summed E-state index contributed by atoms with van der Waals surface area (Å²) in [5.74, 6) is 2.47. The molecule has 3 heterocycles. The van der Waals surface area contributed by atoms with Crippen LogP contribution < -0.4 is 10.6 Å². The van der Waals surface area contributed by atoms with Gasteiger partial charge in [-0.15, -0.1) is 24.8 Å². The first kappa shape index (κ1) is 24.7. The molecule has 2 aliphatic rings. The van der Waals surface area contributed by atoms with Crippen molar-refractivity contribution < 1.29 is 4.79 Å². The highest BCUT2D eigenvalue weighted by atomic mass is 35.5. The van der Waals surface area contributed by atoms with Gasteiger partial charge in [0.15, 0.2) is 0 Å². The Morgan fingerprint density at radius 1 is 1.23 bits per heavy atom. The topological polar surface area (TPSA) is 80.0 Å². The second kappa shape index (κ2) is 11.7. The molecule has 30 heavy (non-hydrogen) atoms. The number of carbonyl (C=O) groups is 1. The lowest BCUT2D eigenvalue weighted by Gasteiger charge is -2.35. The molecule has 1 amide bonds. The lowest BCUT2D eigenvalue weighted by Crippen LogP contribution is -2.49. The molecule has 2 aromatic heterocycles. The van der Waals surface area contributed by atoms with E-state index in [-0.39, 0.29) is 36.8 Å². The van der Waals surface area contributed by atoms with Crippen molar-refractivity contribution in [2.24, 2.45) is 13.0 Å². The molecule has 2 N–H and O–H groups in total. The highest BCUT2D eigenvalue weighted by molar-refractivity contribution is 5.91. The molecule has 2 fully saturated rings. The number of piperazine rings is 1. The van der Waals surface area contributed by atoms with Crippen LogP contribution in [-0.4, -0.2) is 56.3 Å². The zero-order valence-corrected chi connectivity index (χ0v) is 19.1. The summed E-state index contributed by atoms with van der Waals surface area (Å²) < 4.78 is 3.99. The maximum Gasteiger partial charge on any atom is 0.239 e. The van der Waals surface area contributed by atoms with Gasteiger partial charge in [-0.25, -0.2) is 9.67 Å². The highest BCUT2D eigenvalue weighted by Crippen LogP contribution is 2.26. The van der Waals surface area contributed by atoms with Crippen molar-refractivity contribution in [2.75, 3.05) is 31.5 Å². The van der Waals surface area contributed by atoms with E-state index in [1.54, 1.807) is 6.20 Å². The first-order valence-electron chi connectivity index (χ1n) is 10.4. The van der Waals surface area contributed by atoms with Gasteiger partial charge in [-0.3, -0.25) is 9.69 Å². The van der Waals surface area contributed by atoms with E-state index in [1.807, 2.05) is 34.8 Å². The average Bonchev–Trinajstić information content (AvgIpc) is 3.32. The molecule has 10 heteroatoms. The third-order valence-corrected chi connectivity index (χ3v) is 6.00. The zero-order chi connectivity index (χ0) is 19.3. The minimum absolute atomic E-state index is 0. The number of amides is 1. The molecule has 1 saturated heterocycles. The monoisotopic (exact) mass is 457 g/mol. The van der Waals surface area contributed by atoms with Gasteiger partial charge in [0.2, 0.25) is 5.91 Å². The number of anilines is 1. The van der Waals surface area contributed by atoms with E-state index < -0.39 is 0 Å². The van der Waals surface area contributed by atoms with Crippen molar-refractivity contribution in [3.05, 3.63) is 30.5 Å². The Kier molecular flexibility index (Phi) is 9.61. The van der Waals surface area contributed by atoms with Crippen molar-refractivity contribution in [2.45, 2.75) is 44.7 Å². The van der Waals surface area contributed by atoms with Crippen LogP contribution in [0.4, 0.5) is 5.82 Å². The molecule has 1 saturated carbocycles. The normalized spacial score (nSPS) is 20.2. The number of hydrogen-bond donors (Lipinski definition) is 2. The summed E-state index contributed by atoms with van der Waals surface area (Å²) >= 11 is 0. The van der Waals surface area contributed by atoms with Crippen LogP contribution in [0.1, 0.15) is 44.0 Å². The summed E-state index contributed by atoms with van der Waals surface area (Å²) in [6, 6.07) is 2.00. The van der Waals surface area contributed by atoms with Crippen molar-refractivity contribution in [3.8, 4) is 0 Å². The van der Waals surface area contributed by atoms with Crippen LogP contribution in [0.2, 0.25) is 0 Å². The molecule has 1 atom stereocenters. The van der Waals surface area contributed by atoms with Crippen molar-refractivity contribution >= 4 is 36.5 Å². The van der Waals surface area contributed by atoms with Crippen LogP contribution in [0.5, 0.6) is 0 Å². The summed E-state index contributed by atoms with van der Waals surface area (Å²) in [6.45, 7) is 3.76. The average molecular weight is 458 g/mol. The van der Waals surface area contributed by atoms with E-state index >= 15 is 0 Å². The third kappa shape index (κ3) is 5.97. The number of hydrogen-bond acceptors (Lipinski definition) is 5. The number of imidazole rings is 1. The van der Waals surface area contributed by atoms with E-state index in [1.165, 1.54) is 32.1 Å². The molecule has 0 radical (unpaired) electrons. The van der Waals surface area contributed by atoms with Crippen LogP contribution >= 0.6 is 24.8 Å². The van der Waals surface area contributed by atoms with Crippen molar-refractivity contribution in [1.82, 2.24) is 29.5 Å². The van der Waals surface area contributed by atoms with E-state index in [4.69, 9.17) is 0 Å². The van der Waals surface area contributed by atoms with Crippen LogP contribution in [-0.2, 0) is 18.4 Å². The number of nitrogens with zero attached hydrogens (tertiary/aromatic N) is 5. The van der Waals surface area contributed by atoms with Crippen LogP contribution in [0.25, 0.3) is 0 Å². The van der Waals surface area contributed by atoms with E-state index in [2.05, 4.69) is 25.6 Å². The Hall–Kier alpha value is -1.61. The van der Waals surface area contributed by atoms with Crippen molar-refractivity contribution in [3.63, 3.8) is 0 Å². The molecular formula is C20H33Cl2N7O. The largest absolute Gasteiger partial charge is 0.337 e. The third-order valence-electron chi connectivity index (χ3n) is 6.00. The molecular weight excluding hydrogens is 425 g/mol. The Bertz CT molecular complexity index is 788. The van der Waals surface area contributed by atoms with Crippen LogP contribution in [0.15, 0.2) is 24.7 Å². The lowest BCUT2D eigenvalue weighted by molar-refractivity contribution is -0.118. The molecule has 1 unspecified atom stereocenters. The first-order chi connectivity index (χ1) is 13.7. The van der Waals surface area contributed by atoms with Crippen LogP contribution in [0.3, 0.4) is 0 Å². The molecule has 0 bridgehead atoms. The van der Waals surface area contributed by atoms with Gasteiger partial charge in [-0.2, -0.15) is 5.10 Å². The smallest absolute Gasteiger partial charge is 0.239 e. The predicted octanol–water partition coefficient (Wildman–Crippen LogP) is 2.63. The number of aromatic nitrogens is 4. The molecule has 8 nitrogen and oxygen atoms in total. The summed E-state index contributed by atoms with van der Waals surface area (Å²) in [5.41, 5.74) is 0. The Morgan fingerprint density at radius 2 is 2.03 bits per heavy atom. The molecule has 0 aromatic carbocycles. The molecule has 168 valence electrons. The number of aryl methyl sites for hydroxylation is 1. The zero-order valence-electron chi connectivity index (χ0n) is 17.5. The van der Waals surface area contributed by atoms with Gasteiger partial charge < -0.3 is 15.2 Å². The summed E-state index contributed by atoms with van der Waals surface area (Å²) in [7, 11) is 2.00. The maximum absolute atomic E-state index is 12.8.